The molecule has 0 radical (unpaired) electrons. The van der Waals surface area contributed by atoms with Crippen LogP contribution in [-0.2, 0) is 0 Å². The van der Waals surface area contributed by atoms with E-state index in [1.165, 1.54) is 22.3 Å². The quantitative estimate of drug-likeness (QED) is 0.808. The van der Waals surface area contributed by atoms with Gasteiger partial charge in [0, 0.05) is 6.54 Å². The van der Waals surface area contributed by atoms with E-state index in [0.717, 1.165) is 31.9 Å². The van der Waals surface area contributed by atoms with Gasteiger partial charge in [-0.15, -0.1) is 0 Å². The van der Waals surface area contributed by atoms with Crippen LogP contribution in [0.25, 0.3) is 0 Å². The summed E-state index contributed by atoms with van der Waals surface area (Å²) >= 11 is 0. The Kier molecular flexibility index (Phi) is 3.85. The lowest BCUT2D eigenvalue weighted by Gasteiger charge is -2.17. The molecule has 1 aliphatic rings. The molecule has 0 amide bonds. The molecule has 17 heavy (non-hydrogen) atoms. The van der Waals surface area contributed by atoms with Gasteiger partial charge in [-0.3, -0.25) is 0 Å². The molecule has 1 N–H and O–H groups in total. The molecule has 0 saturated heterocycles. The second-order valence-corrected chi connectivity index (χ2v) is 4.76. The molecule has 0 unspecified atom stereocenters. The molecule has 1 aliphatic heterocycles. The highest BCUT2D eigenvalue weighted by molar-refractivity contribution is 5.44. The zero-order chi connectivity index (χ0) is 12.3. The molecule has 0 bridgehead atoms. The maximum Gasteiger partial charge on any atom is 0.125 e. The van der Waals surface area contributed by atoms with Gasteiger partial charge in [0.2, 0.25) is 0 Å². The normalized spacial score (nSPS) is 15.6. The summed E-state index contributed by atoms with van der Waals surface area (Å²) in [4.78, 5) is 0. The summed E-state index contributed by atoms with van der Waals surface area (Å²) in [6.45, 7) is 9.15. The van der Waals surface area contributed by atoms with Crippen LogP contribution in [0.4, 0.5) is 0 Å². The van der Waals surface area contributed by atoms with Crippen molar-refractivity contribution in [3.8, 4) is 5.75 Å². The number of aryl methyl sites for hydroxylation is 2. The van der Waals surface area contributed by atoms with Crippen LogP contribution < -0.4 is 10.1 Å². The first kappa shape index (κ1) is 12.2. The van der Waals surface area contributed by atoms with Gasteiger partial charge in [-0.1, -0.05) is 18.2 Å². The Morgan fingerprint density at radius 1 is 1.18 bits per heavy atom. The SMILES string of the molecule is Cc1ccc(C)c(OCC2=CCNCC2)c1C. The highest BCUT2D eigenvalue weighted by Crippen LogP contribution is 2.26. The Balaban J connectivity index is 2.08. The van der Waals surface area contributed by atoms with Crippen LogP contribution >= 0.6 is 0 Å². The first-order valence-electron chi connectivity index (χ1n) is 6.26. The van der Waals surface area contributed by atoms with Crippen LogP contribution in [-0.4, -0.2) is 19.7 Å². The highest BCUT2D eigenvalue weighted by atomic mass is 16.5. The summed E-state index contributed by atoms with van der Waals surface area (Å²) in [7, 11) is 0. The molecule has 1 aromatic carbocycles. The van der Waals surface area contributed by atoms with E-state index in [4.69, 9.17) is 4.74 Å². The number of benzene rings is 1. The van der Waals surface area contributed by atoms with Crippen molar-refractivity contribution in [3.05, 3.63) is 40.5 Å². The summed E-state index contributed by atoms with van der Waals surface area (Å²) in [6.07, 6.45) is 3.34. The van der Waals surface area contributed by atoms with Crippen molar-refractivity contribution in [1.82, 2.24) is 5.32 Å². The van der Waals surface area contributed by atoms with Crippen LogP contribution in [0.2, 0.25) is 0 Å². The molecule has 92 valence electrons. The minimum absolute atomic E-state index is 0.729. The third kappa shape index (κ3) is 2.89. The average molecular weight is 231 g/mol. The molecule has 2 nitrogen and oxygen atoms in total. The number of hydrogen-bond donors (Lipinski definition) is 1. The lowest BCUT2D eigenvalue weighted by molar-refractivity contribution is 0.339. The second-order valence-electron chi connectivity index (χ2n) is 4.76. The molecular weight excluding hydrogens is 210 g/mol. The summed E-state index contributed by atoms with van der Waals surface area (Å²) < 4.78 is 5.99. The van der Waals surface area contributed by atoms with E-state index in [1.54, 1.807) is 0 Å². The second kappa shape index (κ2) is 5.37. The minimum Gasteiger partial charge on any atom is -0.489 e. The van der Waals surface area contributed by atoms with Crippen molar-refractivity contribution in [2.24, 2.45) is 0 Å². The maximum atomic E-state index is 5.99. The van der Waals surface area contributed by atoms with Crippen LogP contribution in [0.1, 0.15) is 23.1 Å². The fourth-order valence-corrected chi connectivity index (χ4v) is 2.11. The van der Waals surface area contributed by atoms with Crippen LogP contribution in [0.3, 0.4) is 0 Å². The molecule has 0 atom stereocenters. The highest BCUT2D eigenvalue weighted by Gasteiger charge is 2.08. The first-order chi connectivity index (χ1) is 8.18. The third-order valence-electron chi connectivity index (χ3n) is 3.43. The van der Waals surface area contributed by atoms with E-state index in [2.05, 4.69) is 44.3 Å². The van der Waals surface area contributed by atoms with Crippen LogP contribution in [0, 0.1) is 20.8 Å². The third-order valence-corrected chi connectivity index (χ3v) is 3.43. The number of ether oxygens (including phenoxy) is 1. The molecule has 0 aliphatic carbocycles. The van der Waals surface area contributed by atoms with Gasteiger partial charge in [-0.2, -0.15) is 0 Å². The van der Waals surface area contributed by atoms with Gasteiger partial charge in [0.25, 0.3) is 0 Å². The van der Waals surface area contributed by atoms with Gasteiger partial charge < -0.3 is 10.1 Å². The summed E-state index contributed by atoms with van der Waals surface area (Å²) in [5, 5.41) is 3.31. The van der Waals surface area contributed by atoms with Crippen molar-refractivity contribution in [3.63, 3.8) is 0 Å². The van der Waals surface area contributed by atoms with Gasteiger partial charge >= 0.3 is 0 Å². The Bertz CT molecular complexity index is 435. The minimum atomic E-state index is 0.729. The summed E-state index contributed by atoms with van der Waals surface area (Å²) in [6, 6.07) is 4.29. The monoisotopic (exact) mass is 231 g/mol. The molecule has 0 fully saturated rings. The molecular formula is C15H21NO. The number of hydrogen-bond acceptors (Lipinski definition) is 2. The topological polar surface area (TPSA) is 21.3 Å². The van der Waals surface area contributed by atoms with E-state index in [9.17, 15) is 0 Å². The van der Waals surface area contributed by atoms with Crippen molar-refractivity contribution < 1.29 is 4.74 Å². The van der Waals surface area contributed by atoms with Crippen LogP contribution in [0.15, 0.2) is 23.8 Å². The largest absolute Gasteiger partial charge is 0.489 e. The Morgan fingerprint density at radius 2 is 1.94 bits per heavy atom. The Labute approximate surface area is 104 Å². The lowest BCUT2D eigenvalue weighted by atomic mass is 10.1. The van der Waals surface area contributed by atoms with Gasteiger partial charge in [0.15, 0.2) is 0 Å². The van der Waals surface area contributed by atoms with Gasteiger partial charge in [-0.25, -0.2) is 0 Å². The van der Waals surface area contributed by atoms with Crippen molar-refractivity contribution in [2.45, 2.75) is 27.2 Å². The molecule has 1 aromatic rings. The van der Waals surface area contributed by atoms with Crippen molar-refractivity contribution in [1.29, 1.82) is 0 Å². The van der Waals surface area contributed by atoms with Crippen molar-refractivity contribution >= 4 is 0 Å². The van der Waals surface area contributed by atoms with E-state index in [0.29, 0.717) is 0 Å². The molecule has 2 rings (SSSR count). The van der Waals surface area contributed by atoms with E-state index in [1.807, 2.05) is 0 Å². The zero-order valence-corrected chi connectivity index (χ0v) is 11.0. The number of nitrogens with one attached hydrogen (secondary N) is 1. The van der Waals surface area contributed by atoms with E-state index < -0.39 is 0 Å². The summed E-state index contributed by atoms with van der Waals surface area (Å²) in [5.41, 5.74) is 5.19. The average Bonchev–Trinajstić information content (AvgIpc) is 2.35. The van der Waals surface area contributed by atoms with Gasteiger partial charge in [0.1, 0.15) is 12.4 Å². The standard InChI is InChI=1S/C15H21NO/c1-11-4-5-12(2)15(13(11)3)17-10-14-6-8-16-9-7-14/h4-6,16H,7-10H2,1-3H3. The molecule has 0 aromatic heterocycles. The molecule has 2 heteroatoms. The fraction of sp³-hybridized carbons (Fsp3) is 0.467. The van der Waals surface area contributed by atoms with E-state index in [-0.39, 0.29) is 0 Å². The number of rotatable bonds is 3. The summed E-state index contributed by atoms with van der Waals surface area (Å²) in [5.74, 6) is 1.06. The van der Waals surface area contributed by atoms with Crippen molar-refractivity contribution in [2.75, 3.05) is 19.7 Å². The van der Waals surface area contributed by atoms with Crippen LogP contribution in [0.5, 0.6) is 5.75 Å². The first-order valence-corrected chi connectivity index (χ1v) is 6.26. The Morgan fingerprint density at radius 3 is 2.65 bits per heavy atom. The predicted molar refractivity (Wildman–Crippen MR) is 71.7 cm³/mol. The van der Waals surface area contributed by atoms with E-state index >= 15 is 0 Å². The smallest absolute Gasteiger partial charge is 0.125 e. The van der Waals surface area contributed by atoms with Gasteiger partial charge in [0.05, 0.1) is 0 Å². The maximum absolute atomic E-state index is 5.99. The molecule has 0 spiro atoms. The molecule has 0 saturated carbocycles. The zero-order valence-electron chi connectivity index (χ0n) is 11.0. The van der Waals surface area contributed by atoms with Gasteiger partial charge in [-0.05, 0) is 56.0 Å². The lowest BCUT2D eigenvalue weighted by Crippen LogP contribution is -2.22. The fourth-order valence-electron chi connectivity index (χ4n) is 2.11. The molecule has 1 heterocycles. The Hall–Kier alpha value is -1.28. The predicted octanol–water partition coefficient (Wildman–Crippen LogP) is 2.91.